The third kappa shape index (κ3) is 3.78. The normalized spacial score (nSPS) is 13.7. The summed E-state index contributed by atoms with van der Waals surface area (Å²) in [5.41, 5.74) is 2.27. The SMILES string of the molecule is CCCN(CC1CC1)C(=O)c1cnn(-c2nccc(-c3cccs3)n2)c1C. The maximum absolute atomic E-state index is 13.1. The highest BCUT2D eigenvalue weighted by molar-refractivity contribution is 7.13. The van der Waals surface area contributed by atoms with E-state index in [9.17, 15) is 4.79 Å². The lowest BCUT2D eigenvalue weighted by Gasteiger charge is -2.21. The van der Waals surface area contributed by atoms with Gasteiger partial charge in [0.1, 0.15) is 0 Å². The molecule has 1 saturated carbocycles. The van der Waals surface area contributed by atoms with Crippen LogP contribution in [0.15, 0.2) is 36.0 Å². The number of carbonyl (C=O) groups is 1. The Morgan fingerprint density at radius 1 is 1.37 bits per heavy atom. The summed E-state index contributed by atoms with van der Waals surface area (Å²) >= 11 is 1.63. The third-order valence-electron chi connectivity index (χ3n) is 4.80. The first-order valence-corrected chi connectivity index (χ1v) is 10.3. The maximum Gasteiger partial charge on any atom is 0.257 e. The minimum Gasteiger partial charge on any atom is -0.338 e. The third-order valence-corrected chi connectivity index (χ3v) is 5.69. The van der Waals surface area contributed by atoms with Gasteiger partial charge in [0.2, 0.25) is 0 Å². The Hall–Kier alpha value is -2.54. The van der Waals surface area contributed by atoms with E-state index < -0.39 is 0 Å². The number of carbonyl (C=O) groups excluding carboxylic acids is 1. The molecule has 27 heavy (non-hydrogen) atoms. The van der Waals surface area contributed by atoms with Crippen LogP contribution < -0.4 is 0 Å². The zero-order valence-corrected chi connectivity index (χ0v) is 16.4. The minimum absolute atomic E-state index is 0.0573. The Labute approximate surface area is 162 Å². The van der Waals surface area contributed by atoms with Gasteiger partial charge >= 0.3 is 0 Å². The van der Waals surface area contributed by atoms with E-state index in [0.717, 1.165) is 35.8 Å². The van der Waals surface area contributed by atoms with Crippen LogP contribution in [0, 0.1) is 12.8 Å². The number of rotatable bonds is 7. The van der Waals surface area contributed by atoms with Crippen molar-refractivity contribution in [1.82, 2.24) is 24.6 Å². The van der Waals surface area contributed by atoms with Crippen molar-refractivity contribution in [2.45, 2.75) is 33.1 Å². The van der Waals surface area contributed by atoms with Gasteiger partial charge in [0, 0.05) is 19.3 Å². The molecule has 3 heterocycles. The molecule has 0 aromatic carbocycles. The maximum atomic E-state index is 13.1. The molecule has 0 radical (unpaired) electrons. The summed E-state index contributed by atoms with van der Waals surface area (Å²) in [6.45, 7) is 5.64. The highest BCUT2D eigenvalue weighted by atomic mass is 32.1. The number of hydrogen-bond donors (Lipinski definition) is 0. The number of aromatic nitrogens is 4. The lowest BCUT2D eigenvalue weighted by Crippen LogP contribution is -2.33. The molecule has 1 amide bonds. The fraction of sp³-hybridized carbons (Fsp3) is 0.400. The zero-order valence-electron chi connectivity index (χ0n) is 15.6. The molecular formula is C20H23N5OS. The van der Waals surface area contributed by atoms with Gasteiger partial charge in [-0.05, 0) is 49.6 Å². The molecule has 1 aliphatic carbocycles. The first-order valence-electron chi connectivity index (χ1n) is 9.38. The molecule has 1 aliphatic rings. The highest BCUT2D eigenvalue weighted by Gasteiger charge is 2.28. The molecule has 0 N–H and O–H groups in total. The van der Waals surface area contributed by atoms with Crippen molar-refractivity contribution >= 4 is 17.2 Å². The average molecular weight is 382 g/mol. The molecule has 0 aliphatic heterocycles. The van der Waals surface area contributed by atoms with E-state index >= 15 is 0 Å². The average Bonchev–Trinajstić information content (AvgIpc) is 3.18. The standard InChI is InChI=1S/C20H23N5OS/c1-3-10-24(13-15-6-7-15)19(26)16-12-22-25(14(16)2)20-21-9-8-17(23-20)18-5-4-11-27-18/h4-5,8-9,11-12,15H,3,6-7,10,13H2,1-2H3. The van der Waals surface area contributed by atoms with Crippen LogP contribution in [-0.2, 0) is 0 Å². The van der Waals surface area contributed by atoms with E-state index in [1.165, 1.54) is 12.8 Å². The summed E-state index contributed by atoms with van der Waals surface area (Å²) in [5.74, 6) is 1.21. The molecule has 4 rings (SSSR count). The van der Waals surface area contributed by atoms with Crippen LogP contribution in [0.1, 0.15) is 42.2 Å². The second-order valence-electron chi connectivity index (χ2n) is 6.97. The Kier molecular flexibility index (Phi) is 5.03. The van der Waals surface area contributed by atoms with Gasteiger partial charge in [-0.25, -0.2) is 14.6 Å². The Morgan fingerprint density at radius 3 is 2.93 bits per heavy atom. The smallest absolute Gasteiger partial charge is 0.257 e. The van der Waals surface area contributed by atoms with E-state index in [-0.39, 0.29) is 5.91 Å². The monoisotopic (exact) mass is 381 g/mol. The van der Waals surface area contributed by atoms with Gasteiger partial charge in [-0.2, -0.15) is 5.10 Å². The summed E-state index contributed by atoms with van der Waals surface area (Å²) in [7, 11) is 0. The Bertz CT molecular complexity index is 930. The van der Waals surface area contributed by atoms with Crippen molar-refractivity contribution in [3.05, 3.63) is 47.2 Å². The summed E-state index contributed by atoms with van der Waals surface area (Å²) in [5, 5.41) is 6.44. The van der Waals surface area contributed by atoms with Gasteiger partial charge < -0.3 is 4.90 Å². The molecule has 0 unspecified atom stereocenters. The lowest BCUT2D eigenvalue weighted by molar-refractivity contribution is 0.0747. The van der Waals surface area contributed by atoms with Gasteiger partial charge in [-0.3, -0.25) is 4.79 Å². The van der Waals surface area contributed by atoms with E-state index in [2.05, 4.69) is 22.0 Å². The molecular weight excluding hydrogens is 358 g/mol. The molecule has 6 nitrogen and oxygen atoms in total. The van der Waals surface area contributed by atoms with Gasteiger partial charge in [0.15, 0.2) is 0 Å². The summed E-state index contributed by atoms with van der Waals surface area (Å²) in [6.07, 6.45) is 6.80. The highest BCUT2D eigenvalue weighted by Crippen LogP contribution is 2.30. The van der Waals surface area contributed by atoms with E-state index in [1.807, 2.05) is 35.4 Å². The van der Waals surface area contributed by atoms with Crippen LogP contribution in [0.3, 0.4) is 0 Å². The van der Waals surface area contributed by atoms with Crippen molar-refractivity contribution in [3.63, 3.8) is 0 Å². The van der Waals surface area contributed by atoms with Crippen LogP contribution in [0.25, 0.3) is 16.5 Å². The second-order valence-corrected chi connectivity index (χ2v) is 7.92. The molecule has 7 heteroatoms. The predicted octanol–water partition coefficient (Wildman–Crippen LogP) is 3.96. The fourth-order valence-corrected chi connectivity index (χ4v) is 3.86. The number of thiophene rings is 1. The molecule has 0 saturated heterocycles. The molecule has 0 spiro atoms. The Balaban J connectivity index is 1.62. The van der Waals surface area contributed by atoms with Crippen LogP contribution in [0.2, 0.25) is 0 Å². The van der Waals surface area contributed by atoms with E-state index in [4.69, 9.17) is 0 Å². The van der Waals surface area contributed by atoms with Crippen molar-refractivity contribution in [2.75, 3.05) is 13.1 Å². The van der Waals surface area contributed by atoms with Gasteiger partial charge in [0.25, 0.3) is 11.9 Å². The number of hydrogen-bond acceptors (Lipinski definition) is 5. The second kappa shape index (κ2) is 7.60. The Morgan fingerprint density at radius 2 is 2.22 bits per heavy atom. The van der Waals surface area contributed by atoms with E-state index in [1.54, 1.807) is 28.4 Å². The predicted molar refractivity (Wildman–Crippen MR) is 106 cm³/mol. The summed E-state index contributed by atoms with van der Waals surface area (Å²) < 4.78 is 1.66. The van der Waals surface area contributed by atoms with Crippen molar-refractivity contribution in [1.29, 1.82) is 0 Å². The van der Waals surface area contributed by atoms with Crippen molar-refractivity contribution in [3.8, 4) is 16.5 Å². The molecule has 140 valence electrons. The minimum atomic E-state index is 0.0573. The van der Waals surface area contributed by atoms with Crippen molar-refractivity contribution in [2.24, 2.45) is 5.92 Å². The van der Waals surface area contributed by atoms with Crippen LogP contribution in [0.4, 0.5) is 0 Å². The van der Waals surface area contributed by atoms with Gasteiger partial charge in [-0.1, -0.05) is 13.0 Å². The fourth-order valence-electron chi connectivity index (χ4n) is 3.16. The van der Waals surface area contributed by atoms with E-state index in [0.29, 0.717) is 17.4 Å². The molecule has 1 fully saturated rings. The van der Waals surface area contributed by atoms with Gasteiger partial charge in [-0.15, -0.1) is 11.3 Å². The topological polar surface area (TPSA) is 63.9 Å². The molecule has 0 bridgehead atoms. The molecule has 0 atom stereocenters. The first kappa shape index (κ1) is 17.9. The number of nitrogens with zero attached hydrogens (tertiary/aromatic N) is 5. The molecule has 3 aromatic rings. The summed E-state index contributed by atoms with van der Waals surface area (Å²) in [4.78, 5) is 25.1. The van der Waals surface area contributed by atoms with Crippen LogP contribution >= 0.6 is 11.3 Å². The number of amides is 1. The lowest BCUT2D eigenvalue weighted by atomic mass is 10.2. The van der Waals surface area contributed by atoms with Crippen LogP contribution in [-0.4, -0.2) is 43.6 Å². The zero-order chi connectivity index (χ0) is 18.8. The summed E-state index contributed by atoms with van der Waals surface area (Å²) in [6, 6.07) is 5.92. The first-order chi connectivity index (χ1) is 13.2. The molecule has 3 aromatic heterocycles. The van der Waals surface area contributed by atoms with Crippen LogP contribution in [0.5, 0.6) is 0 Å². The quantitative estimate of drug-likeness (QED) is 0.621. The largest absolute Gasteiger partial charge is 0.338 e. The van der Waals surface area contributed by atoms with Gasteiger partial charge in [0.05, 0.1) is 28.0 Å². The van der Waals surface area contributed by atoms with Crippen molar-refractivity contribution < 1.29 is 4.79 Å².